The number of hydrogen-bond acceptors (Lipinski definition) is 7. The summed E-state index contributed by atoms with van der Waals surface area (Å²) in [6, 6.07) is 18.2. The monoisotopic (exact) mass is 495 g/mol. The van der Waals surface area contributed by atoms with E-state index in [4.69, 9.17) is 21.1 Å². The van der Waals surface area contributed by atoms with Crippen molar-refractivity contribution in [2.24, 2.45) is 5.92 Å². The Bertz CT molecular complexity index is 1410. The second-order valence-electron chi connectivity index (χ2n) is 7.78. The first-order valence-electron chi connectivity index (χ1n) is 10.7. The number of carbonyl (C=O) groups is 1. The molecule has 0 unspecified atom stereocenters. The van der Waals surface area contributed by atoms with E-state index in [0.717, 1.165) is 4.68 Å². The van der Waals surface area contributed by atoms with Crippen molar-refractivity contribution in [3.8, 4) is 17.2 Å². The number of carboxylic acids is 1. The molecule has 0 aliphatic rings. The van der Waals surface area contributed by atoms with Gasteiger partial charge in [-0.1, -0.05) is 41.1 Å². The number of rotatable bonds is 9. The molecule has 0 fully saturated rings. The highest BCUT2D eigenvalue weighted by Gasteiger charge is 2.28. The lowest BCUT2D eigenvalue weighted by atomic mass is 9.93. The lowest BCUT2D eigenvalue weighted by Gasteiger charge is -2.20. The van der Waals surface area contributed by atoms with Crippen LogP contribution in [0, 0.1) is 5.92 Å². The summed E-state index contributed by atoms with van der Waals surface area (Å²) in [5.41, 5.74) is 0.484. The molecule has 0 bridgehead atoms. The summed E-state index contributed by atoms with van der Waals surface area (Å²) in [6.45, 7) is -0.0120. The van der Waals surface area contributed by atoms with Crippen LogP contribution in [0.25, 0.3) is 10.9 Å². The number of aliphatic hydroxyl groups is 1. The van der Waals surface area contributed by atoms with Gasteiger partial charge in [-0.15, -0.1) is 5.10 Å². The Morgan fingerprint density at radius 2 is 1.80 bits per heavy atom. The van der Waals surface area contributed by atoms with Crippen molar-refractivity contribution in [3.05, 3.63) is 87.7 Å². The van der Waals surface area contributed by atoms with Crippen molar-refractivity contribution in [1.29, 1.82) is 0 Å². The summed E-state index contributed by atoms with van der Waals surface area (Å²) in [6.07, 6.45) is -1.33. The van der Waals surface area contributed by atoms with E-state index in [-0.39, 0.29) is 18.5 Å². The smallest absolute Gasteiger partial charge is 0.309 e. The van der Waals surface area contributed by atoms with E-state index in [1.54, 1.807) is 66.7 Å². The number of nitrogens with zero attached hydrogens (tertiary/aromatic N) is 3. The van der Waals surface area contributed by atoms with Crippen molar-refractivity contribution in [2.45, 2.75) is 19.1 Å². The Hall–Kier alpha value is -3.95. The molecule has 10 heteroatoms. The molecule has 1 heterocycles. The van der Waals surface area contributed by atoms with Gasteiger partial charge in [0.15, 0.2) is 0 Å². The highest BCUT2D eigenvalue weighted by atomic mass is 35.5. The van der Waals surface area contributed by atoms with Gasteiger partial charge in [-0.05, 0) is 48.4 Å². The van der Waals surface area contributed by atoms with Crippen LogP contribution in [0.5, 0.6) is 17.2 Å². The van der Waals surface area contributed by atoms with E-state index in [0.29, 0.717) is 38.7 Å². The van der Waals surface area contributed by atoms with Crippen LogP contribution in [0.4, 0.5) is 0 Å². The number of aliphatic carboxylic acids is 1. The number of fused-ring (bicyclic) bond motifs is 1. The third-order valence-electron chi connectivity index (χ3n) is 5.57. The number of aliphatic hydroxyl groups excluding tert-OH is 1. The normalized spacial score (nSPS) is 12.8. The first-order chi connectivity index (χ1) is 16.9. The van der Waals surface area contributed by atoms with Gasteiger partial charge in [0.05, 0.1) is 29.5 Å². The number of carboxylic acid groups (broad SMARTS) is 1. The van der Waals surface area contributed by atoms with Gasteiger partial charge in [0.25, 0.3) is 5.56 Å². The Kier molecular flexibility index (Phi) is 7.28. The van der Waals surface area contributed by atoms with E-state index in [2.05, 4.69) is 10.3 Å². The molecule has 2 atom stereocenters. The quantitative estimate of drug-likeness (QED) is 0.356. The minimum atomic E-state index is -1.31. The molecule has 180 valence electrons. The first-order valence-corrected chi connectivity index (χ1v) is 11.1. The predicted molar refractivity (Wildman–Crippen MR) is 129 cm³/mol. The minimum absolute atomic E-state index is 0.0120. The second kappa shape index (κ2) is 10.5. The summed E-state index contributed by atoms with van der Waals surface area (Å²) in [5, 5.41) is 29.1. The maximum atomic E-state index is 12.6. The third kappa shape index (κ3) is 5.42. The Morgan fingerprint density at radius 3 is 2.49 bits per heavy atom. The number of halogens is 1. The summed E-state index contributed by atoms with van der Waals surface area (Å²) >= 11 is 6.20. The second-order valence-corrected chi connectivity index (χ2v) is 8.19. The molecule has 0 aliphatic heterocycles. The lowest BCUT2D eigenvalue weighted by Crippen LogP contribution is -2.29. The molecular weight excluding hydrogens is 474 g/mol. The van der Waals surface area contributed by atoms with Crippen molar-refractivity contribution >= 4 is 28.5 Å². The molecule has 4 rings (SSSR count). The lowest BCUT2D eigenvalue weighted by molar-refractivity contribution is -0.146. The highest BCUT2D eigenvalue weighted by molar-refractivity contribution is 6.32. The van der Waals surface area contributed by atoms with Crippen LogP contribution >= 0.6 is 11.6 Å². The van der Waals surface area contributed by atoms with Gasteiger partial charge in [-0.2, -0.15) is 0 Å². The summed E-state index contributed by atoms with van der Waals surface area (Å²) in [7, 11) is 1.54. The van der Waals surface area contributed by atoms with Crippen LogP contribution in [0.1, 0.15) is 18.1 Å². The van der Waals surface area contributed by atoms with E-state index in [1.807, 2.05) is 0 Å². The van der Waals surface area contributed by atoms with Crippen LogP contribution in [0.15, 0.2) is 71.5 Å². The average Bonchev–Trinajstić information content (AvgIpc) is 2.87. The number of ether oxygens (including phenoxy) is 2. The van der Waals surface area contributed by atoms with Crippen LogP contribution < -0.4 is 15.0 Å². The zero-order valence-corrected chi connectivity index (χ0v) is 19.4. The Labute approximate surface area is 205 Å². The number of benzene rings is 3. The Balaban J connectivity index is 1.46. The molecule has 0 aliphatic carbocycles. The fourth-order valence-electron chi connectivity index (χ4n) is 3.63. The van der Waals surface area contributed by atoms with E-state index in [1.165, 1.54) is 7.11 Å². The van der Waals surface area contributed by atoms with Gasteiger partial charge >= 0.3 is 5.97 Å². The summed E-state index contributed by atoms with van der Waals surface area (Å²) < 4.78 is 12.0. The molecule has 0 radical (unpaired) electrons. The molecule has 4 aromatic rings. The van der Waals surface area contributed by atoms with E-state index < -0.39 is 18.0 Å². The number of aromatic nitrogens is 3. The van der Waals surface area contributed by atoms with Crippen LogP contribution in [-0.2, 0) is 11.3 Å². The van der Waals surface area contributed by atoms with Gasteiger partial charge in [0.1, 0.15) is 22.8 Å². The molecular formula is C25H22ClN3O6. The van der Waals surface area contributed by atoms with E-state index >= 15 is 0 Å². The maximum absolute atomic E-state index is 12.6. The van der Waals surface area contributed by atoms with Crippen molar-refractivity contribution < 1.29 is 24.5 Å². The molecule has 9 nitrogen and oxygen atoms in total. The molecule has 2 N–H and O–H groups in total. The zero-order valence-electron chi connectivity index (χ0n) is 18.7. The van der Waals surface area contributed by atoms with Crippen LogP contribution in [0.2, 0.25) is 5.02 Å². The largest absolute Gasteiger partial charge is 0.497 e. The number of methoxy groups -OCH3 is 1. The fraction of sp³-hybridized carbons (Fsp3) is 0.200. The van der Waals surface area contributed by atoms with Crippen LogP contribution in [0.3, 0.4) is 0 Å². The van der Waals surface area contributed by atoms with Crippen molar-refractivity contribution in [3.63, 3.8) is 0 Å². The fourth-order valence-corrected chi connectivity index (χ4v) is 3.84. The minimum Gasteiger partial charge on any atom is -0.497 e. The van der Waals surface area contributed by atoms with Gasteiger partial charge in [0.2, 0.25) is 0 Å². The zero-order chi connectivity index (χ0) is 24.9. The SMILES string of the molecule is COc1ccc(Oc2ccc([C@@H](O)[C@H](CCn3nnc4ccccc4c3=O)C(=O)O)cc2)c(Cl)c1. The maximum Gasteiger partial charge on any atom is 0.309 e. The van der Waals surface area contributed by atoms with Gasteiger partial charge in [0, 0.05) is 12.6 Å². The molecule has 1 aromatic heterocycles. The molecule has 3 aromatic carbocycles. The third-order valence-corrected chi connectivity index (χ3v) is 5.86. The standard InChI is InChI=1S/C25H22ClN3O6/c1-34-17-10-11-22(20(26)14-17)35-16-8-6-15(7-9-16)23(30)19(25(32)33)12-13-29-24(31)18-4-2-3-5-21(18)27-28-29/h2-11,14,19,23,30H,12-13H2,1H3,(H,32,33)/t19-,23+/m0/s1. The Morgan fingerprint density at radius 1 is 1.09 bits per heavy atom. The van der Waals surface area contributed by atoms with Crippen LogP contribution in [-0.4, -0.2) is 38.3 Å². The topological polar surface area (TPSA) is 124 Å². The molecule has 0 spiro atoms. The van der Waals surface area contributed by atoms with Gasteiger partial charge in [-0.3, -0.25) is 9.59 Å². The molecule has 35 heavy (non-hydrogen) atoms. The molecule has 0 saturated carbocycles. The highest BCUT2D eigenvalue weighted by Crippen LogP contribution is 2.33. The van der Waals surface area contributed by atoms with Crippen molar-refractivity contribution in [1.82, 2.24) is 15.0 Å². The molecule has 0 amide bonds. The number of hydrogen-bond donors (Lipinski definition) is 2. The van der Waals surface area contributed by atoms with Gasteiger partial charge in [-0.25, -0.2) is 4.68 Å². The average molecular weight is 496 g/mol. The number of aryl methyl sites for hydroxylation is 1. The predicted octanol–water partition coefficient (Wildman–Crippen LogP) is 4.07. The molecule has 0 saturated heterocycles. The van der Waals surface area contributed by atoms with Crippen molar-refractivity contribution in [2.75, 3.05) is 7.11 Å². The first kappa shape index (κ1) is 24.2. The van der Waals surface area contributed by atoms with Gasteiger partial charge < -0.3 is 19.7 Å². The summed E-state index contributed by atoms with van der Waals surface area (Å²) in [4.78, 5) is 24.5. The van der Waals surface area contributed by atoms with E-state index in [9.17, 15) is 19.8 Å². The summed E-state index contributed by atoms with van der Waals surface area (Å²) in [5.74, 6) is -0.885.